The Morgan fingerprint density at radius 3 is 2.87 bits per heavy atom. The van der Waals surface area contributed by atoms with Crippen LogP contribution >= 0.6 is 11.6 Å². The molecule has 1 heterocycles. The quantitative estimate of drug-likeness (QED) is 0.805. The van der Waals surface area contributed by atoms with Crippen LogP contribution in [0.4, 0.5) is 0 Å². The van der Waals surface area contributed by atoms with Gasteiger partial charge in [0.05, 0.1) is 23.0 Å². The van der Waals surface area contributed by atoms with Crippen LogP contribution < -0.4 is 10.3 Å². The lowest BCUT2D eigenvalue weighted by Crippen LogP contribution is -2.09. The van der Waals surface area contributed by atoms with Crippen molar-refractivity contribution < 1.29 is 4.74 Å². The molecule has 1 aromatic carbocycles. The molecule has 0 aliphatic carbocycles. The lowest BCUT2D eigenvalue weighted by Gasteiger charge is -2.04. The van der Waals surface area contributed by atoms with Crippen LogP contribution in [0.3, 0.4) is 0 Å². The molecule has 4 nitrogen and oxygen atoms in total. The largest absolute Gasteiger partial charge is 0.495 e. The van der Waals surface area contributed by atoms with Gasteiger partial charge in [0.15, 0.2) is 0 Å². The predicted molar refractivity (Wildman–Crippen MR) is 58.7 cm³/mol. The number of hydrogen-bond donors (Lipinski definition) is 1. The van der Waals surface area contributed by atoms with Crippen molar-refractivity contribution in [2.45, 2.75) is 6.92 Å². The summed E-state index contributed by atoms with van der Waals surface area (Å²) in [7, 11) is 1.50. The van der Waals surface area contributed by atoms with E-state index in [4.69, 9.17) is 16.3 Å². The second-order valence-corrected chi connectivity index (χ2v) is 3.56. The SMILES string of the molecule is COc1cc2c(=O)[nH]c(C)nc2cc1Cl. The molecule has 0 spiro atoms. The lowest BCUT2D eigenvalue weighted by molar-refractivity contribution is 0.415. The molecule has 0 bridgehead atoms. The van der Waals surface area contributed by atoms with Gasteiger partial charge in [0.2, 0.25) is 0 Å². The van der Waals surface area contributed by atoms with Crippen LogP contribution in [0, 0.1) is 6.92 Å². The molecule has 1 N–H and O–H groups in total. The number of nitrogens with zero attached hydrogens (tertiary/aromatic N) is 1. The van der Waals surface area contributed by atoms with E-state index in [2.05, 4.69) is 9.97 Å². The zero-order chi connectivity index (χ0) is 11.0. The molecule has 2 rings (SSSR count). The summed E-state index contributed by atoms with van der Waals surface area (Å²) in [5.41, 5.74) is 0.384. The molecule has 1 aromatic heterocycles. The first-order valence-corrected chi connectivity index (χ1v) is 4.74. The topological polar surface area (TPSA) is 55.0 Å². The first kappa shape index (κ1) is 9.98. The van der Waals surface area contributed by atoms with Gasteiger partial charge in [-0.2, -0.15) is 0 Å². The molecule has 0 fully saturated rings. The number of rotatable bonds is 1. The molecule has 0 radical (unpaired) electrons. The van der Waals surface area contributed by atoms with Crippen molar-refractivity contribution in [1.29, 1.82) is 0 Å². The number of nitrogens with one attached hydrogen (secondary N) is 1. The third-order valence-corrected chi connectivity index (χ3v) is 2.39. The number of methoxy groups -OCH3 is 1. The van der Waals surface area contributed by atoms with E-state index in [1.807, 2.05) is 0 Å². The van der Waals surface area contributed by atoms with E-state index in [1.54, 1.807) is 19.1 Å². The second kappa shape index (κ2) is 3.55. The first-order chi connectivity index (χ1) is 7.11. The van der Waals surface area contributed by atoms with Crippen molar-refractivity contribution in [3.8, 4) is 5.75 Å². The summed E-state index contributed by atoms with van der Waals surface area (Å²) >= 11 is 5.93. The van der Waals surface area contributed by atoms with Crippen LogP contribution in [0.25, 0.3) is 10.9 Å². The summed E-state index contributed by atoms with van der Waals surface area (Å²) in [6, 6.07) is 3.21. The zero-order valence-electron chi connectivity index (χ0n) is 8.30. The summed E-state index contributed by atoms with van der Waals surface area (Å²) in [4.78, 5) is 18.4. The maximum atomic E-state index is 11.6. The number of aromatic amines is 1. The minimum absolute atomic E-state index is 0.188. The van der Waals surface area contributed by atoms with Crippen molar-refractivity contribution in [2.24, 2.45) is 0 Å². The molecule has 0 aliphatic heterocycles. The molecule has 5 heteroatoms. The van der Waals surface area contributed by atoms with Gasteiger partial charge in [-0.05, 0) is 19.1 Å². The summed E-state index contributed by atoms with van der Waals surface area (Å²) in [6.45, 7) is 1.72. The van der Waals surface area contributed by atoms with Crippen LogP contribution in [0.15, 0.2) is 16.9 Å². The normalized spacial score (nSPS) is 10.6. The Bertz CT molecular complexity index is 577. The monoisotopic (exact) mass is 224 g/mol. The third kappa shape index (κ3) is 1.68. The molecule has 15 heavy (non-hydrogen) atoms. The minimum atomic E-state index is -0.188. The van der Waals surface area contributed by atoms with E-state index >= 15 is 0 Å². The molecule has 78 valence electrons. The fourth-order valence-electron chi connectivity index (χ4n) is 1.41. The number of aromatic nitrogens is 2. The van der Waals surface area contributed by atoms with E-state index < -0.39 is 0 Å². The number of benzene rings is 1. The molecule has 0 aliphatic rings. The van der Waals surface area contributed by atoms with E-state index in [1.165, 1.54) is 7.11 Å². The van der Waals surface area contributed by atoms with Crippen molar-refractivity contribution in [3.63, 3.8) is 0 Å². The highest BCUT2D eigenvalue weighted by Gasteiger charge is 2.07. The number of ether oxygens (including phenoxy) is 1. The van der Waals surface area contributed by atoms with Gasteiger partial charge in [0.25, 0.3) is 5.56 Å². The van der Waals surface area contributed by atoms with E-state index in [0.29, 0.717) is 27.5 Å². The van der Waals surface area contributed by atoms with Crippen LogP contribution in [-0.2, 0) is 0 Å². The van der Waals surface area contributed by atoms with Crippen molar-refractivity contribution in [2.75, 3.05) is 7.11 Å². The number of hydrogen-bond acceptors (Lipinski definition) is 3. The second-order valence-electron chi connectivity index (χ2n) is 3.16. The number of halogens is 1. The maximum Gasteiger partial charge on any atom is 0.258 e. The standard InChI is InChI=1S/C10H9ClN2O2/c1-5-12-8-4-7(11)9(15-2)3-6(8)10(14)13-5/h3-4H,1-2H3,(H,12,13,14). The van der Waals surface area contributed by atoms with E-state index in [-0.39, 0.29) is 5.56 Å². The molecular weight excluding hydrogens is 216 g/mol. The van der Waals surface area contributed by atoms with Crippen LogP contribution in [-0.4, -0.2) is 17.1 Å². The van der Waals surface area contributed by atoms with Crippen molar-refractivity contribution in [3.05, 3.63) is 33.3 Å². The molecule has 0 amide bonds. The Labute approximate surface area is 90.9 Å². The Morgan fingerprint density at radius 1 is 1.47 bits per heavy atom. The summed E-state index contributed by atoms with van der Waals surface area (Å²) in [6.07, 6.45) is 0. The van der Waals surface area contributed by atoms with E-state index in [0.717, 1.165) is 0 Å². The smallest absolute Gasteiger partial charge is 0.258 e. The number of aryl methyl sites for hydroxylation is 1. The van der Waals surface area contributed by atoms with E-state index in [9.17, 15) is 4.79 Å². The highest BCUT2D eigenvalue weighted by molar-refractivity contribution is 6.32. The number of H-pyrrole nitrogens is 1. The van der Waals surface area contributed by atoms with Gasteiger partial charge in [-0.1, -0.05) is 11.6 Å². The molecular formula is C10H9ClN2O2. The Balaban J connectivity index is 2.87. The van der Waals surface area contributed by atoms with Crippen LogP contribution in [0.5, 0.6) is 5.75 Å². The Kier molecular flexibility index (Phi) is 2.36. The average Bonchev–Trinajstić information content (AvgIpc) is 2.16. The average molecular weight is 225 g/mol. The Morgan fingerprint density at radius 2 is 2.20 bits per heavy atom. The van der Waals surface area contributed by atoms with Gasteiger partial charge in [-0.15, -0.1) is 0 Å². The van der Waals surface area contributed by atoms with Gasteiger partial charge in [-0.25, -0.2) is 4.98 Å². The molecule has 0 atom stereocenters. The van der Waals surface area contributed by atoms with Gasteiger partial charge in [0.1, 0.15) is 11.6 Å². The molecule has 2 aromatic rings. The minimum Gasteiger partial charge on any atom is -0.495 e. The highest BCUT2D eigenvalue weighted by Crippen LogP contribution is 2.27. The predicted octanol–water partition coefficient (Wildman–Crippen LogP) is 1.89. The van der Waals surface area contributed by atoms with Crippen LogP contribution in [0.2, 0.25) is 5.02 Å². The third-order valence-electron chi connectivity index (χ3n) is 2.10. The fraction of sp³-hybridized carbons (Fsp3) is 0.200. The summed E-state index contributed by atoms with van der Waals surface area (Å²) in [5, 5.41) is 0.921. The zero-order valence-corrected chi connectivity index (χ0v) is 9.05. The van der Waals surface area contributed by atoms with Crippen molar-refractivity contribution in [1.82, 2.24) is 9.97 Å². The van der Waals surface area contributed by atoms with Crippen molar-refractivity contribution >= 4 is 22.5 Å². The Hall–Kier alpha value is -1.55. The van der Waals surface area contributed by atoms with Gasteiger partial charge in [0, 0.05) is 0 Å². The first-order valence-electron chi connectivity index (χ1n) is 4.36. The molecule has 0 unspecified atom stereocenters. The fourth-order valence-corrected chi connectivity index (χ4v) is 1.65. The van der Waals surface area contributed by atoms with Gasteiger partial charge in [-0.3, -0.25) is 4.79 Å². The summed E-state index contributed by atoms with van der Waals surface area (Å²) < 4.78 is 5.03. The van der Waals surface area contributed by atoms with Crippen LogP contribution in [0.1, 0.15) is 5.82 Å². The summed E-state index contributed by atoms with van der Waals surface area (Å²) in [5.74, 6) is 1.04. The molecule has 0 saturated carbocycles. The highest BCUT2D eigenvalue weighted by atomic mass is 35.5. The number of fused-ring (bicyclic) bond motifs is 1. The van der Waals surface area contributed by atoms with Gasteiger partial charge >= 0.3 is 0 Å². The maximum absolute atomic E-state index is 11.6. The molecule has 0 saturated heterocycles. The van der Waals surface area contributed by atoms with Gasteiger partial charge < -0.3 is 9.72 Å². The lowest BCUT2D eigenvalue weighted by atomic mass is 10.2.